The summed E-state index contributed by atoms with van der Waals surface area (Å²) in [5, 5.41) is 9.70. The summed E-state index contributed by atoms with van der Waals surface area (Å²) >= 11 is 0. The van der Waals surface area contributed by atoms with Gasteiger partial charge in [-0.1, -0.05) is 0 Å². The van der Waals surface area contributed by atoms with Crippen molar-refractivity contribution >= 4 is 5.91 Å². The van der Waals surface area contributed by atoms with E-state index >= 15 is 0 Å². The average Bonchev–Trinajstić information content (AvgIpc) is 2.88. The smallest absolute Gasteiger partial charge is 0.237 e. The van der Waals surface area contributed by atoms with Gasteiger partial charge in [0, 0.05) is 18.6 Å². The van der Waals surface area contributed by atoms with Crippen molar-refractivity contribution in [2.24, 2.45) is 0 Å². The largest absolute Gasteiger partial charge is 0.352 e. The third-order valence-electron chi connectivity index (χ3n) is 3.15. The summed E-state index contributed by atoms with van der Waals surface area (Å²) in [4.78, 5) is 11.6. The minimum Gasteiger partial charge on any atom is -0.352 e. The van der Waals surface area contributed by atoms with Gasteiger partial charge in [-0.3, -0.25) is 4.79 Å². The number of carbonyl (C=O) groups is 1. The monoisotopic (exact) mass is 211 g/mol. The molecule has 0 aromatic rings. The van der Waals surface area contributed by atoms with Crippen LogP contribution in [0.1, 0.15) is 32.6 Å². The molecule has 1 heterocycles. The lowest BCUT2D eigenvalue weighted by atomic mass is 10.2. The van der Waals surface area contributed by atoms with Crippen molar-refractivity contribution in [3.05, 3.63) is 0 Å². The normalized spacial score (nSPS) is 27.7. The van der Waals surface area contributed by atoms with Crippen LogP contribution in [0.25, 0.3) is 0 Å². The lowest BCUT2D eigenvalue weighted by Crippen LogP contribution is -2.46. The van der Waals surface area contributed by atoms with Gasteiger partial charge in [0.15, 0.2) is 0 Å². The molecule has 1 amide bonds. The predicted molar refractivity (Wildman–Crippen MR) is 59.7 cm³/mol. The van der Waals surface area contributed by atoms with Crippen LogP contribution in [0.15, 0.2) is 0 Å². The fourth-order valence-electron chi connectivity index (χ4n) is 1.90. The molecule has 2 atom stereocenters. The van der Waals surface area contributed by atoms with Crippen LogP contribution in [0.2, 0.25) is 0 Å². The Balaban J connectivity index is 1.61. The van der Waals surface area contributed by atoms with Crippen LogP contribution in [0, 0.1) is 0 Å². The molecule has 15 heavy (non-hydrogen) atoms. The quantitative estimate of drug-likeness (QED) is 0.600. The molecule has 2 aliphatic rings. The number of carbonyl (C=O) groups excluding carboxylic acids is 1. The van der Waals surface area contributed by atoms with Crippen LogP contribution in [0.3, 0.4) is 0 Å². The molecule has 0 aromatic carbocycles. The van der Waals surface area contributed by atoms with Gasteiger partial charge in [-0.2, -0.15) is 0 Å². The van der Waals surface area contributed by atoms with E-state index in [2.05, 4.69) is 16.0 Å². The first-order valence-electron chi connectivity index (χ1n) is 6.03. The van der Waals surface area contributed by atoms with Gasteiger partial charge < -0.3 is 16.0 Å². The maximum absolute atomic E-state index is 11.6. The molecular weight excluding hydrogens is 190 g/mol. The van der Waals surface area contributed by atoms with Gasteiger partial charge in [0.05, 0.1) is 6.04 Å². The van der Waals surface area contributed by atoms with Crippen molar-refractivity contribution in [2.75, 3.05) is 13.1 Å². The molecule has 0 spiro atoms. The summed E-state index contributed by atoms with van der Waals surface area (Å²) in [5.41, 5.74) is 0. The summed E-state index contributed by atoms with van der Waals surface area (Å²) < 4.78 is 0. The van der Waals surface area contributed by atoms with E-state index in [1.165, 1.54) is 12.8 Å². The average molecular weight is 211 g/mol. The summed E-state index contributed by atoms with van der Waals surface area (Å²) in [6, 6.07) is 0.959. The lowest BCUT2D eigenvalue weighted by Gasteiger charge is -2.17. The summed E-state index contributed by atoms with van der Waals surface area (Å²) in [6.07, 6.45) is 4.80. The number of nitrogens with one attached hydrogen (secondary N) is 3. The molecule has 86 valence electrons. The number of amides is 1. The van der Waals surface area contributed by atoms with E-state index in [1.54, 1.807) is 0 Å². The maximum Gasteiger partial charge on any atom is 0.237 e. The van der Waals surface area contributed by atoms with E-state index in [0.717, 1.165) is 25.9 Å². The molecule has 1 aliphatic carbocycles. The molecule has 1 saturated carbocycles. The standard InChI is InChI=1S/C11H21N3O/c1-8(11(15)14-9-4-5-9)13-7-10-3-2-6-12-10/h8-10,12-13H,2-7H2,1H3,(H,14,15). The highest BCUT2D eigenvalue weighted by Crippen LogP contribution is 2.18. The van der Waals surface area contributed by atoms with Crippen molar-refractivity contribution < 1.29 is 4.79 Å². The highest BCUT2D eigenvalue weighted by atomic mass is 16.2. The van der Waals surface area contributed by atoms with Gasteiger partial charge in [0.1, 0.15) is 0 Å². The van der Waals surface area contributed by atoms with Crippen LogP contribution in [-0.2, 0) is 4.79 Å². The molecule has 4 nitrogen and oxygen atoms in total. The Morgan fingerprint density at radius 3 is 2.87 bits per heavy atom. The molecular formula is C11H21N3O. The molecule has 4 heteroatoms. The first-order chi connectivity index (χ1) is 7.25. The van der Waals surface area contributed by atoms with E-state index in [0.29, 0.717) is 12.1 Å². The van der Waals surface area contributed by atoms with E-state index in [4.69, 9.17) is 0 Å². The summed E-state index contributed by atoms with van der Waals surface area (Å²) in [7, 11) is 0. The van der Waals surface area contributed by atoms with Crippen molar-refractivity contribution in [1.29, 1.82) is 0 Å². The molecule has 3 N–H and O–H groups in total. The van der Waals surface area contributed by atoms with Crippen LogP contribution >= 0.6 is 0 Å². The molecule has 0 aromatic heterocycles. The Labute approximate surface area is 91.2 Å². The van der Waals surface area contributed by atoms with E-state index in [1.807, 2.05) is 6.92 Å². The molecule has 0 bridgehead atoms. The van der Waals surface area contributed by atoms with Gasteiger partial charge in [-0.05, 0) is 39.2 Å². The first-order valence-corrected chi connectivity index (χ1v) is 6.03. The topological polar surface area (TPSA) is 53.2 Å². The minimum absolute atomic E-state index is 0.0620. The second-order valence-electron chi connectivity index (χ2n) is 4.71. The summed E-state index contributed by atoms with van der Waals surface area (Å²) in [5.74, 6) is 0.149. The number of hydrogen-bond donors (Lipinski definition) is 3. The maximum atomic E-state index is 11.6. The lowest BCUT2D eigenvalue weighted by molar-refractivity contribution is -0.122. The van der Waals surface area contributed by atoms with E-state index < -0.39 is 0 Å². The fourth-order valence-corrected chi connectivity index (χ4v) is 1.90. The predicted octanol–water partition coefficient (Wildman–Crippen LogP) is -0.00490. The Kier molecular flexibility index (Phi) is 3.59. The molecule has 0 radical (unpaired) electrons. The van der Waals surface area contributed by atoms with E-state index in [-0.39, 0.29) is 11.9 Å². The van der Waals surface area contributed by atoms with Gasteiger partial charge in [0.25, 0.3) is 0 Å². The van der Waals surface area contributed by atoms with Gasteiger partial charge >= 0.3 is 0 Å². The Bertz CT molecular complexity index is 222. The zero-order valence-corrected chi connectivity index (χ0v) is 9.38. The van der Waals surface area contributed by atoms with E-state index in [9.17, 15) is 4.79 Å². The van der Waals surface area contributed by atoms with Crippen LogP contribution in [0.4, 0.5) is 0 Å². The van der Waals surface area contributed by atoms with Gasteiger partial charge in [0.2, 0.25) is 5.91 Å². The van der Waals surface area contributed by atoms with Gasteiger partial charge in [-0.15, -0.1) is 0 Å². The van der Waals surface area contributed by atoms with Crippen LogP contribution in [0.5, 0.6) is 0 Å². The second-order valence-corrected chi connectivity index (χ2v) is 4.71. The highest BCUT2D eigenvalue weighted by molar-refractivity contribution is 5.81. The van der Waals surface area contributed by atoms with Crippen LogP contribution < -0.4 is 16.0 Å². The molecule has 1 saturated heterocycles. The number of rotatable bonds is 5. The van der Waals surface area contributed by atoms with Crippen molar-refractivity contribution in [2.45, 2.75) is 50.7 Å². The van der Waals surface area contributed by atoms with Crippen LogP contribution in [-0.4, -0.2) is 37.1 Å². The Morgan fingerprint density at radius 2 is 2.27 bits per heavy atom. The fraction of sp³-hybridized carbons (Fsp3) is 0.909. The third kappa shape index (κ3) is 3.47. The SMILES string of the molecule is CC(NCC1CCCN1)C(=O)NC1CC1. The van der Waals surface area contributed by atoms with Crippen molar-refractivity contribution in [3.8, 4) is 0 Å². The number of hydrogen-bond acceptors (Lipinski definition) is 3. The van der Waals surface area contributed by atoms with Crippen molar-refractivity contribution in [3.63, 3.8) is 0 Å². The van der Waals surface area contributed by atoms with Gasteiger partial charge in [-0.25, -0.2) is 0 Å². The molecule has 2 unspecified atom stereocenters. The highest BCUT2D eigenvalue weighted by Gasteiger charge is 2.25. The summed E-state index contributed by atoms with van der Waals surface area (Å²) in [6.45, 7) is 3.96. The Morgan fingerprint density at radius 1 is 1.47 bits per heavy atom. The Hall–Kier alpha value is -0.610. The second kappa shape index (κ2) is 4.94. The van der Waals surface area contributed by atoms with Crippen molar-refractivity contribution in [1.82, 2.24) is 16.0 Å². The zero-order chi connectivity index (χ0) is 10.7. The zero-order valence-electron chi connectivity index (χ0n) is 9.38. The third-order valence-corrected chi connectivity index (χ3v) is 3.15. The minimum atomic E-state index is -0.0620. The molecule has 1 aliphatic heterocycles. The molecule has 2 fully saturated rings. The molecule has 2 rings (SSSR count). The first kappa shape index (κ1) is 10.9.